The number of rotatable bonds is 12. The van der Waals surface area contributed by atoms with Crippen molar-refractivity contribution >= 4 is 34.8 Å². The first-order valence-electron chi connectivity index (χ1n) is 21.2. The number of hydrogen-bond donors (Lipinski definition) is 0. The molecule has 4 heterocycles. The molecule has 0 saturated heterocycles. The van der Waals surface area contributed by atoms with Crippen LogP contribution in [0.25, 0.3) is 0 Å². The highest BCUT2D eigenvalue weighted by Crippen LogP contribution is 2.37. The standard InChI is InChI=1S/2C22H25F3N4O2.4CH4/c2*1-3-28-12-20(30)29(4-2)18-11-26-19(27-22(18)28)8-13-5-6-14(7-13)31-15-9-16(23)21(25)17(24)10-15;;;;/h2*9-11,13-14H,3-8,12H2,1-2H3;4*1H4/t2*13-,14-;;;;/m10..../s1. The Bertz CT molecular complexity index is 2090. The lowest BCUT2D eigenvalue weighted by atomic mass is 10.0. The lowest BCUT2D eigenvalue weighted by Crippen LogP contribution is -2.46. The summed E-state index contributed by atoms with van der Waals surface area (Å²) in [5.74, 6) is -4.47. The van der Waals surface area contributed by atoms with Gasteiger partial charge in [-0.15, -0.1) is 0 Å². The van der Waals surface area contributed by atoms with Crippen molar-refractivity contribution in [1.82, 2.24) is 19.9 Å². The third-order valence-corrected chi connectivity index (χ3v) is 11.9. The number of amides is 2. The predicted octanol–water partition coefficient (Wildman–Crippen LogP) is 10.3. The van der Waals surface area contributed by atoms with Gasteiger partial charge in [0.25, 0.3) is 0 Å². The minimum Gasteiger partial charge on any atom is -0.490 e. The zero-order chi connectivity index (χ0) is 44.2. The van der Waals surface area contributed by atoms with E-state index >= 15 is 0 Å². The molecule has 12 nitrogen and oxygen atoms in total. The van der Waals surface area contributed by atoms with Crippen molar-refractivity contribution in [2.45, 2.75) is 121 Å². The molecule has 2 aromatic heterocycles. The number of fused-ring (bicyclic) bond motifs is 2. The van der Waals surface area contributed by atoms with Crippen molar-refractivity contribution in [2.24, 2.45) is 11.8 Å². The molecule has 66 heavy (non-hydrogen) atoms. The monoisotopic (exact) mass is 933 g/mol. The van der Waals surface area contributed by atoms with E-state index in [2.05, 4.69) is 9.97 Å². The van der Waals surface area contributed by atoms with Crippen LogP contribution in [0, 0.1) is 46.7 Å². The molecule has 0 radical (unpaired) electrons. The van der Waals surface area contributed by atoms with Gasteiger partial charge < -0.3 is 29.1 Å². The first kappa shape index (κ1) is 54.7. The number of halogens is 6. The van der Waals surface area contributed by atoms with Gasteiger partial charge in [-0.05, 0) is 78.1 Å². The summed E-state index contributed by atoms with van der Waals surface area (Å²) in [7, 11) is 0. The number of likely N-dealkylation sites (N-methyl/N-ethyl adjacent to an activating group) is 4. The number of benzene rings is 2. The quantitative estimate of drug-likeness (QED) is 0.100. The van der Waals surface area contributed by atoms with Crippen LogP contribution >= 0.6 is 0 Å². The molecule has 0 unspecified atom stereocenters. The summed E-state index contributed by atoms with van der Waals surface area (Å²) >= 11 is 0. The Labute approximate surface area is 385 Å². The number of anilines is 4. The smallest absolute Gasteiger partial charge is 0.246 e. The normalized spacial score (nSPS) is 19.6. The molecule has 2 aliphatic heterocycles. The van der Waals surface area contributed by atoms with Crippen molar-refractivity contribution in [3.63, 3.8) is 0 Å². The van der Waals surface area contributed by atoms with Gasteiger partial charge in [-0.2, -0.15) is 0 Å². The summed E-state index contributed by atoms with van der Waals surface area (Å²) in [6.45, 7) is 10.9. The maximum absolute atomic E-state index is 13.4. The van der Waals surface area contributed by atoms with Gasteiger partial charge in [0.15, 0.2) is 46.5 Å². The highest BCUT2D eigenvalue weighted by atomic mass is 19.2. The van der Waals surface area contributed by atoms with Gasteiger partial charge >= 0.3 is 0 Å². The Hall–Kier alpha value is -5.68. The van der Waals surface area contributed by atoms with E-state index in [1.807, 2.05) is 37.5 Å². The van der Waals surface area contributed by atoms with Crippen molar-refractivity contribution < 1.29 is 45.4 Å². The van der Waals surface area contributed by atoms with Crippen molar-refractivity contribution in [3.05, 3.63) is 83.2 Å². The van der Waals surface area contributed by atoms with E-state index in [1.54, 1.807) is 22.2 Å². The lowest BCUT2D eigenvalue weighted by Gasteiger charge is -2.35. The number of nitrogens with zero attached hydrogens (tertiary/aromatic N) is 8. The van der Waals surface area contributed by atoms with E-state index in [1.165, 1.54) is 0 Å². The van der Waals surface area contributed by atoms with E-state index in [-0.39, 0.29) is 77.1 Å². The number of carbonyl (C=O) groups is 2. The number of aromatic nitrogens is 4. The number of ether oxygens (including phenoxy) is 2. The van der Waals surface area contributed by atoms with Gasteiger partial charge in [-0.3, -0.25) is 9.59 Å². The van der Waals surface area contributed by atoms with Crippen LogP contribution < -0.4 is 29.1 Å². The first-order valence-corrected chi connectivity index (χ1v) is 21.2. The molecule has 0 N–H and O–H groups in total. The average Bonchev–Trinajstić information content (AvgIpc) is 3.89. The zero-order valence-corrected chi connectivity index (χ0v) is 35.2. The molecule has 4 atom stereocenters. The fourth-order valence-electron chi connectivity index (χ4n) is 8.72. The SMILES string of the molecule is C.C.C.C.CCN1CC(=O)N(CC)c2cnc(C[C@@H]3CC[C@@H](Oc4cc(F)c(F)c(F)c4)C3)nc21.CCN1CC(=O)N(CC)c2cnc(C[C@H]3CC[C@H](Oc4cc(F)c(F)c(F)c4)C3)nc21. The molecular weight excluding hydrogens is 867 g/mol. The van der Waals surface area contributed by atoms with Crippen LogP contribution in [-0.4, -0.2) is 83.2 Å². The van der Waals surface area contributed by atoms with Gasteiger partial charge in [0.2, 0.25) is 11.8 Å². The second kappa shape index (κ2) is 23.7. The third-order valence-electron chi connectivity index (χ3n) is 11.9. The highest BCUT2D eigenvalue weighted by molar-refractivity contribution is 6.02. The molecular formula is C48H66F6N8O4. The molecule has 8 rings (SSSR count). The summed E-state index contributed by atoms with van der Waals surface area (Å²) in [6.07, 6.45) is 8.92. The van der Waals surface area contributed by atoms with Crippen LogP contribution in [0.1, 0.15) is 108 Å². The topological polar surface area (TPSA) is 117 Å². The summed E-state index contributed by atoms with van der Waals surface area (Å²) < 4.78 is 91.3. The van der Waals surface area contributed by atoms with Crippen LogP contribution in [0.15, 0.2) is 36.7 Å². The van der Waals surface area contributed by atoms with Crippen LogP contribution in [0.4, 0.5) is 49.4 Å². The van der Waals surface area contributed by atoms with Crippen LogP contribution in [0.3, 0.4) is 0 Å². The fraction of sp³-hybridized carbons (Fsp3) is 0.542. The van der Waals surface area contributed by atoms with Gasteiger partial charge in [0.05, 0.1) is 37.7 Å². The van der Waals surface area contributed by atoms with E-state index < -0.39 is 34.9 Å². The lowest BCUT2D eigenvalue weighted by molar-refractivity contribution is -0.118. The molecule has 2 fully saturated rings. The summed E-state index contributed by atoms with van der Waals surface area (Å²) in [5, 5.41) is 0. The average molecular weight is 933 g/mol. The Kier molecular flexibility index (Phi) is 19.6. The Morgan fingerprint density at radius 1 is 0.545 bits per heavy atom. The van der Waals surface area contributed by atoms with E-state index in [4.69, 9.17) is 19.4 Å². The van der Waals surface area contributed by atoms with Crippen molar-refractivity contribution in [3.8, 4) is 11.5 Å². The maximum atomic E-state index is 13.4. The third kappa shape index (κ3) is 12.0. The van der Waals surface area contributed by atoms with Crippen LogP contribution in [-0.2, 0) is 22.4 Å². The molecule has 2 amide bonds. The molecule has 364 valence electrons. The molecule has 0 bridgehead atoms. The minimum absolute atomic E-state index is 0. The summed E-state index contributed by atoms with van der Waals surface area (Å²) in [4.78, 5) is 50.4. The first-order chi connectivity index (χ1) is 29.8. The Balaban J connectivity index is 0.000000330. The molecule has 18 heteroatoms. The van der Waals surface area contributed by atoms with Gasteiger partial charge in [0, 0.05) is 63.3 Å². The fourth-order valence-corrected chi connectivity index (χ4v) is 8.72. The minimum atomic E-state index is -1.49. The summed E-state index contributed by atoms with van der Waals surface area (Å²) in [5.41, 5.74) is 1.47. The molecule has 4 aliphatic rings. The van der Waals surface area contributed by atoms with Crippen molar-refractivity contribution in [2.75, 3.05) is 58.9 Å². The number of hydrogen-bond acceptors (Lipinski definition) is 10. The van der Waals surface area contributed by atoms with E-state index in [0.29, 0.717) is 76.6 Å². The van der Waals surface area contributed by atoms with Gasteiger partial charge in [-0.25, -0.2) is 46.3 Å². The van der Waals surface area contributed by atoms with Gasteiger partial charge in [0.1, 0.15) is 34.5 Å². The van der Waals surface area contributed by atoms with Crippen LogP contribution in [0.5, 0.6) is 11.5 Å². The second-order valence-electron chi connectivity index (χ2n) is 15.9. The zero-order valence-electron chi connectivity index (χ0n) is 35.2. The maximum Gasteiger partial charge on any atom is 0.246 e. The highest BCUT2D eigenvalue weighted by Gasteiger charge is 2.34. The molecule has 2 saturated carbocycles. The Morgan fingerprint density at radius 3 is 1.21 bits per heavy atom. The van der Waals surface area contributed by atoms with Gasteiger partial charge in [-0.1, -0.05) is 29.7 Å². The molecule has 0 spiro atoms. The molecule has 2 aliphatic carbocycles. The summed E-state index contributed by atoms with van der Waals surface area (Å²) in [6, 6.07) is 3.49. The second-order valence-corrected chi connectivity index (χ2v) is 15.9. The van der Waals surface area contributed by atoms with Crippen LogP contribution in [0.2, 0.25) is 0 Å². The molecule has 4 aromatic rings. The molecule has 2 aromatic carbocycles. The number of carbonyl (C=O) groups excluding carboxylic acids is 2. The predicted molar refractivity (Wildman–Crippen MR) is 246 cm³/mol. The van der Waals surface area contributed by atoms with E-state index in [9.17, 15) is 35.9 Å². The Morgan fingerprint density at radius 2 is 0.894 bits per heavy atom. The van der Waals surface area contributed by atoms with E-state index in [0.717, 1.165) is 73.0 Å². The van der Waals surface area contributed by atoms with Crippen molar-refractivity contribution in [1.29, 1.82) is 0 Å². The largest absolute Gasteiger partial charge is 0.490 e.